The molecule has 178 valence electrons. The van der Waals surface area contributed by atoms with E-state index in [1.165, 1.54) is 5.56 Å². The Kier molecular flexibility index (Phi) is 7.16. The van der Waals surface area contributed by atoms with Crippen molar-refractivity contribution in [2.45, 2.75) is 13.0 Å². The second kappa shape index (κ2) is 10.3. The van der Waals surface area contributed by atoms with Crippen molar-refractivity contribution in [1.82, 2.24) is 15.3 Å². The van der Waals surface area contributed by atoms with Gasteiger partial charge in [-0.3, -0.25) is 9.71 Å². The maximum Gasteiger partial charge on any atom is 0.229 e. The minimum atomic E-state index is -3.37. The van der Waals surface area contributed by atoms with Gasteiger partial charge in [-0.1, -0.05) is 12.1 Å². The van der Waals surface area contributed by atoms with Crippen LogP contribution in [0.15, 0.2) is 67.0 Å². The lowest BCUT2D eigenvalue weighted by Gasteiger charge is -2.14. The largest absolute Gasteiger partial charge is 0.492 e. The van der Waals surface area contributed by atoms with E-state index in [2.05, 4.69) is 33.0 Å². The number of aryl methyl sites for hydroxylation is 1. The van der Waals surface area contributed by atoms with Crippen LogP contribution in [0, 0.1) is 6.92 Å². The number of benzene rings is 2. The van der Waals surface area contributed by atoms with E-state index in [0.717, 1.165) is 34.2 Å². The molecule has 0 bridgehead atoms. The van der Waals surface area contributed by atoms with Gasteiger partial charge in [0.1, 0.15) is 12.4 Å². The quantitative estimate of drug-likeness (QED) is 0.258. The molecule has 0 aliphatic carbocycles. The number of H-pyrrole nitrogens is 1. The lowest BCUT2D eigenvalue weighted by molar-refractivity contribution is 0.172. The van der Waals surface area contributed by atoms with E-state index in [1.807, 2.05) is 24.3 Å². The molecule has 0 saturated carbocycles. The van der Waals surface area contributed by atoms with E-state index in [0.29, 0.717) is 30.9 Å². The maximum absolute atomic E-state index is 11.4. The van der Waals surface area contributed by atoms with Gasteiger partial charge in [-0.25, -0.2) is 8.42 Å². The monoisotopic (exact) mass is 480 g/mol. The third-order valence-corrected chi connectivity index (χ3v) is 6.07. The number of sulfonamides is 1. The summed E-state index contributed by atoms with van der Waals surface area (Å²) in [5.41, 5.74) is 5.39. The van der Waals surface area contributed by atoms with Crippen molar-refractivity contribution >= 4 is 26.6 Å². The summed E-state index contributed by atoms with van der Waals surface area (Å²) in [6, 6.07) is 16.7. The van der Waals surface area contributed by atoms with Gasteiger partial charge >= 0.3 is 0 Å². The van der Waals surface area contributed by atoms with E-state index >= 15 is 0 Å². The van der Waals surface area contributed by atoms with Crippen LogP contribution in [-0.2, 0) is 10.0 Å². The normalized spacial score (nSPS) is 12.6. The number of nitrogens with zero attached hydrogens (tertiary/aromatic N) is 1. The van der Waals surface area contributed by atoms with Crippen LogP contribution >= 0.6 is 0 Å². The fraction of sp³-hybridized carbons (Fsp3) is 0.240. The van der Waals surface area contributed by atoms with Crippen molar-refractivity contribution in [3.63, 3.8) is 0 Å². The molecule has 0 aliphatic heterocycles. The summed E-state index contributed by atoms with van der Waals surface area (Å²) in [4.78, 5) is 7.56. The number of aliphatic hydroxyl groups is 1. The highest BCUT2D eigenvalue weighted by molar-refractivity contribution is 7.92. The summed E-state index contributed by atoms with van der Waals surface area (Å²) >= 11 is 0. The molecule has 8 nitrogen and oxygen atoms in total. The van der Waals surface area contributed by atoms with Crippen LogP contribution in [0.3, 0.4) is 0 Å². The fourth-order valence-electron chi connectivity index (χ4n) is 3.84. The number of nitrogens with one attached hydrogen (secondary N) is 3. The first kappa shape index (κ1) is 23.7. The molecule has 0 saturated heterocycles. The van der Waals surface area contributed by atoms with Crippen LogP contribution in [-0.4, -0.2) is 49.4 Å². The fourth-order valence-corrected chi connectivity index (χ4v) is 4.39. The molecule has 4 rings (SSSR count). The molecule has 1 unspecified atom stereocenters. The number of aliphatic hydroxyl groups excluding tert-OH is 1. The maximum atomic E-state index is 11.4. The molecular weight excluding hydrogens is 452 g/mol. The number of hydrogen-bond donors (Lipinski definition) is 4. The van der Waals surface area contributed by atoms with Gasteiger partial charge in [0.25, 0.3) is 0 Å². The smallest absolute Gasteiger partial charge is 0.229 e. The second-order valence-electron chi connectivity index (χ2n) is 8.14. The molecule has 4 N–H and O–H groups in total. The molecule has 4 aromatic rings. The number of fused-ring (bicyclic) bond motifs is 1. The molecule has 9 heteroatoms. The number of ether oxygens (including phenoxy) is 1. The van der Waals surface area contributed by atoms with Gasteiger partial charge in [0, 0.05) is 59.4 Å². The lowest BCUT2D eigenvalue weighted by atomic mass is 10.1. The topological polar surface area (TPSA) is 116 Å². The van der Waals surface area contributed by atoms with Crippen molar-refractivity contribution in [1.29, 1.82) is 0 Å². The summed E-state index contributed by atoms with van der Waals surface area (Å²) in [7, 11) is -3.37. The number of aromatic nitrogens is 2. The minimum absolute atomic E-state index is 0.315. The van der Waals surface area contributed by atoms with E-state index in [-0.39, 0.29) is 0 Å². The molecule has 2 aromatic heterocycles. The Labute approximate surface area is 199 Å². The Balaban J connectivity index is 1.29. The Bertz CT molecular complexity index is 1370. The number of anilines is 1. The molecule has 34 heavy (non-hydrogen) atoms. The Hall–Kier alpha value is -3.40. The zero-order valence-corrected chi connectivity index (χ0v) is 19.9. The van der Waals surface area contributed by atoms with Crippen molar-refractivity contribution in [3.8, 4) is 17.0 Å². The zero-order valence-electron chi connectivity index (χ0n) is 19.1. The van der Waals surface area contributed by atoms with Crippen LogP contribution in [0.25, 0.3) is 22.2 Å². The molecular formula is C25H28N4O4S. The third-order valence-electron chi connectivity index (χ3n) is 5.46. The van der Waals surface area contributed by atoms with Crippen LogP contribution in [0.4, 0.5) is 5.69 Å². The van der Waals surface area contributed by atoms with Gasteiger partial charge in [0.15, 0.2) is 0 Å². The standard InChI is InChI=1S/C25H28N4O4S/c1-17-22-7-6-21(15-23(22)28-25(17)18-8-10-26-11-9-18)33-13-12-27-16-24(30)19-4-3-5-20(14-19)29-34(2,31)32/h3-11,14-15,24,27-30H,12-13,16H2,1-2H3. The highest BCUT2D eigenvalue weighted by Gasteiger charge is 2.11. The van der Waals surface area contributed by atoms with Gasteiger partial charge in [-0.2, -0.15) is 0 Å². The predicted octanol–water partition coefficient (Wildman–Crippen LogP) is 3.61. The molecule has 2 heterocycles. The van der Waals surface area contributed by atoms with E-state index < -0.39 is 16.1 Å². The van der Waals surface area contributed by atoms with Crippen molar-refractivity contribution in [2.24, 2.45) is 0 Å². The molecule has 1 atom stereocenters. The summed E-state index contributed by atoms with van der Waals surface area (Å²) < 4.78 is 31.1. The van der Waals surface area contributed by atoms with Gasteiger partial charge in [-0.15, -0.1) is 0 Å². The third kappa shape index (κ3) is 5.93. The van der Waals surface area contributed by atoms with Crippen molar-refractivity contribution < 1.29 is 18.3 Å². The molecule has 0 spiro atoms. The first-order valence-electron chi connectivity index (χ1n) is 10.9. The first-order valence-corrected chi connectivity index (χ1v) is 12.8. The SMILES string of the molecule is Cc1c(-c2ccncc2)[nH]c2cc(OCCNCC(O)c3cccc(NS(C)(=O)=O)c3)ccc12. The minimum Gasteiger partial charge on any atom is -0.492 e. The number of pyridine rings is 1. The van der Waals surface area contributed by atoms with Crippen molar-refractivity contribution in [2.75, 3.05) is 30.7 Å². The Morgan fingerprint density at radius 3 is 2.68 bits per heavy atom. The summed E-state index contributed by atoms with van der Waals surface area (Å²) in [6.07, 6.45) is 3.88. The molecule has 0 radical (unpaired) electrons. The summed E-state index contributed by atoms with van der Waals surface area (Å²) in [5, 5.41) is 14.7. The van der Waals surface area contributed by atoms with E-state index in [9.17, 15) is 13.5 Å². The molecule has 0 amide bonds. The highest BCUT2D eigenvalue weighted by atomic mass is 32.2. The highest BCUT2D eigenvalue weighted by Crippen LogP contribution is 2.31. The van der Waals surface area contributed by atoms with E-state index in [1.54, 1.807) is 36.7 Å². The first-order chi connectivity index (χ1) is 16.3. The molecule has 0 aliphatic rings. The summed E-state index contributed by atoms with van der Waals surface area (Å²) in [6.45, 7) is 3.39. The average Bonchev–Trinajstić information content (AvgIpc) is 3.14. The van der Waals surface area contributed by atoms with Crippen LogP contribution in [0.1, 0.15) is 17.2 Å². The average molecular weight is 481 g/mol. The molecule has 2 aromatic carbocycles. The van der Waals surface area contributed by atoms with Crippen LogP contribution in [0.5, 0.6) is 5.75 Å². The van der Waals surface area contributed by atoms with Gasteiger partial charge < -0.3 is 20.1 Å². The predicted molar refractivity (Wildman–Crippen MR) is 134 cm³/mol. The number of hydrogen-bond acceptors (Lipinski definition) is 6. The Morgan fingerprint density at radius 1 is 1.12 bits per heavy atom. The lowest BCUT2D eigenvalue weighted by Crippen LogP contribution is -2.26. The summed E-state index contributed by atoms with van der Waals surface area (Å²) in [5.74, 6) is 0.761. The van der Waals surface area contributed by atoms with Crippen LogP contribution in [0.2, 0.25) is 0 Å². The Morgan fingerprint density at radius 2 is 1.91 bits per heavy atom. The van der Waals surface area contributed by atoms with Gasteiger partial charge in [0.2, 0.25) is 10.0 Å². The zero-order chi connectivity index (χ0) is 24.1. The van der Waals surface area contributed by atoms with Crippen LogP contribution < -0.4 is 14.8 Å². The van der Waals surface area contributed by atoms with E-state index in [4.69, 9.17) is 4.74 Å². The van der Waals surface area contributed by atoms with Gasteiger partial charge in [0.05, 0.1) is 12.4 Å². The molecule has 0 fully saturated rings. The van der Waals surface area contributed by atoms with Gasteiger partial charge in [-0.05, 0) is 54.4 Å². The number of rotatable bonds is 10. The number of aromatic amines is 1. The van der Waals surface area contributed by atoms with Crippen molar-refractivity contribution in [3.05, 3.63) is 78.1 Å². The second-order valence-corrected chi connectivity index (χ2v) is 9.88.